The number of hydrogen-bond donors (Lipinski definition) is 0. The van der Waals surface area contributed by atoms with Crippen molar-refractivity contribution in [3.63, 3.8) is 0 Å². The molecule has 0 radical (unpaired) electrons. The zero-order valence-electron chi connectivity index (χ0n) is 18.4. The van der Waals surface area contributed by atoms with Gasteiger partial charge in [-0.3, -0.25) is 0 Å². The number of rotatable bonds is 8. The summed E-state index contributed by atoms with van der Waals surface area (Å²) in [6.45, 7) is 8.16. The second kappa shape index (κ2) is 11.7. The molecule has 0 aliphatic rings. The van der Waals surface area contributed by atoms with Gasteiger partial charge < -0.3 is 0 Å². The summed E-state index contributed by atoms with van der Waals surface area (Å²) in [7, 11) is 1.97. The summed E-state index contributed by atoms with van der Waals surface area (Å²) in [5, 5.41) is 0. The van der Waals surface area contributed by atoms with Crippen LogP contribution in [0, 0.1) is 0 Å². The van der Waals surface area contributed by atoms with Crippen molar-refractivity contribution in [2.24, 2.45) is 4.99 Å². The molecule has 6 heteroatoms. The molecular formula is C25H28F3HgN2. The molecule has 0 fully saturated rings. The van der Waals surface area contributed by atoms with Crippen molar-refractivity contribution in [2.45, 2.75) is 45.3 Å². The average Bonchev–Trinajstić information content (AvgIpc) is 2.76. The average molecular weight is 614 g/mol. The van der Waals surface area contributed by atoms with Gasteiger partial charge in [-0.25, -0.2) is 0 Å². The number of aliphatic imine (C=N–C) groups is 1. The quantitative estimate of drug-likeness (QED) is 0.132. The Morgan fingerprint density at radius 1 is 1.06 bits per heavy atom. The van der Waals surface area contributed by atoms with Crippen LogP contribution in [-0.4, -0.2) is 15.3 Å². The van der Waals surface area contributed by atoms with Gasteiger partial charge in [0.2, 0.25) is 0 Å². The van der Waals surface area contributed by atoms with E-state index in [0.29, 0.717) is 0 Å². The van der Waals surface area contributed by atoms with Crippen molar-refractivity contribution in [3.8, 4) is 0 Å². The molecule has 0 aliphatic heterocycles. The first-order chi connectivity index (χ1) is 14.7. The van der Waals surface area contributed by atoms with Gasteiger partial charge in [-0.1, -0.05) is 0 Å². The van der Waals surface area contributed by atoms with Crippen molar-refractivity contribution in [1.29, 1.82) is 0 Å². The molecule has 2 aromatic carbocycles. The van der Waals surface area contributed by atoms with E-state index in [1.165, 1.54) is 0 Å². The predicted octanol–water partition coefficient (Wildman–Crippen LogP) is 7.28. The van der Waals surface area contributed by atoms with Gasteiger partial charge in [0.05, 0.1) is 0 Å². The molecule has 0 saturated heterocycles. The summed E-state index contributed by atoms with van der Waals surface area (Å²) in [5.41, 5.74) is 3.38. The number of alkyl halides is 3. The van der Waals surface area contributed by atoms with Crippen LogP contribution in [0.3, 0.4) is 0 Å². The van der Waals surface area contributed by atoms with Gasteiger partial charge in [0.1, 0.15) is 0 Å². The molecule has 0 aromatic heterocycles. The van der Waals surface area contributed by atoms with E-state index in [1.54, 1.807) is 12.1 Å². The summed E-state index contributed by atoms with van der Waals surface area (Å²) < 4.78 is 40.1. The maximum atomic E-state index is 13.0. The summed E-state index contributed by atoms with van der Waals surface area (Å²) in [5.74, 6) is 0. The monoisotopic (exact) mass is 615 g/mol. The molecular weight excluding hydrogens is 586 g/mol. The maximum absolute atomic E-state index is 13.0. The normalized spacial score (nSPS) is 14.1. The topological polar surface area (TPSA) is 15.6 Å². The van der Waals surface area contributed by atoms with Gasteiger partial charge in [-0.05, 0) is 0 Å². The van der Waals surface area contributed by atoms with Gasteiger partial charge in [0, 0.05) is 0 Å². The van der Waals surface area contributed by atoms with Crippen molar-refractivity contribution < 1.29 is 39.3 Å². The Morgan fingerprint density at radius 2 is 1.65 bits per heavy atom. The zero-order chi connectivity index (χ0) is 23.0. The van der Waals surface area contributed by atoms with Crippen molar-refractivity contribution in [2.75, 3.05) is 7.05 Å². The van der Waals surface area contributed by atoms with E-state index in [-0.39, 0.29) is 32.2 Å². The molecule has 0 saturated carbocycles. The van der Waals surface area contributed by atoms with Gasteiger partial charge in [0.15, 0.2) is 0 Å². The second-order valence-corrected chi connectivity index (χ2v) is 9.81. The third-order valence-corrected chi connectivity index (χ3v) is 7.75. The standard InChI is InChI=1S/C25H28F3N2.Hg/c1-5-11-19(6-2)23(7-3)29-18-30(4)24(20-12-9-8-10-13-20)21-14-16-22(17-15-21)25(26,27)28;/h6,8-10,12-17,24H,2,5,7,11H2,1,3-4H3;/b23-19+,29-18?;. The van der Waals surface area contributed by atoms with E-state index in [2.05, 4.69) is 25.3 Å². The number of benzene rings is 2. The van der Waals surface area contributed by atoms with E-state index in [0.717, 1.165) is 57.1 Å². The van der Waals surface area contributed by atoms with E-state index in [9.17, 15) is 13.2 Å². The molecule has 0 amide bonds. The van der Waals surface area contributed by atoms with Crippen molar-refractivity contribution in [3.05, 3.63) is 95.2 Å². The molecule has 0 spiro atoms. The van der Waals surface area contributed by atoms with Gasteiger partial charge in [0.25, 0.3) is 0 Å². The van der Waals surface area contributed by atoms with E-state index >= 15 is 0 Å². The first kappa shape index (κ1) is 25.4. The van der Waals surface area contributed by atoms with Crippen molar-refractivity contribution >= 4 is 3.34 Å². The fourth-order valence-electron chi connectivity index (χ4n) is 3.52. The van der Waals surface area contributed by atoms with E-state index in [4.69, 9.17) is 4.99 Å². The van der Waals surface area contributed by atoms with Crippen LogP contribution >= 0.6 is 0 Å². The van der Waals surface area contributed by atoms with Gasteiger partial charge in [-0.2, -0.15) is 0 Å². The Balaban J connectivity index is 2.51. The molecule has 0 heterocycles. The molecule has 2 nitrogen and oxygen atoms in total. The number of halogens is 3. The SMILES string of the molecule is C=C/C(CCC)=C(/CC)N=[C]([Hg])N(C)C(c1ccccc1)c1ccc(C(F)(F)F)cc1. The van der Waals surface area contributed by atoms with Crippen LogP contribution in [0.15, 0.2) is 83.5 Å². The number of allylic oxidation sites excluding steroid dienone is 3. The Bertz CT molecular complexity index is 916. The van der Waals surface area contributed by atoms with Crippen LogP contribution in [0.4, 0.5) is 13.2 Å². The fraction of sp³-hybridized carbons (Fsp3) is 0.320. The molecule has 31 heavy (non-hydrogen) atoms. The first-order valence-electron chi connectivity index (χ1n) is 10.4. The molecule has 1 unspecified atom stereocenters. The first-order valence-corrected chi connectivity index (χ1v) is 13.2. The molecule has 161 valence electrons. The van der Waals surface area contributed by atoms with Gasteiger partial charge >= 0.3 is 200 Å². The van der Waals surface area contributed by atoms with Crippen LogP contribution < -0.4 is 0 Å². The van der Waals surface area contributed by atoms with Crippen LogP contribution in [0.5, 0.6) is 0 Å². The minimum atomic E-state index is -4.35. The molecule has 2 rings (SSSR count). The predicted molar refractivity (Wildman–Crippen MR) is 117 cm³/mol. The molecule has 1 atom stereocenters. The fourth-order valence-corrected chi connectivity index (χ4v) is 4.98. The number of hydrogen-bond acceptors (Lipinski definition) is 1. The Labute approximate surface area is 199 Å². The number of nitrogens with zero attached hydrogens (tertiary/aromatic N) is 2. The van der Waals surface area contributed by atoms with Crippen LogP contribution in [0.2, 0.25) is 0 Å². The Morgan fingerprint density at radius 3 is 2.13 bits per heavy atom. The van der Waals surface area contributed by atoms with E-state index in [1.807, 2.05) is 43.5 Å². The summed E-state index contributed by atoms with van der Waals surface area (Å²) in [4.78, 5) is 7.07. The molecule has 0 N–H and O–H groups in total. The van der Waals surface area contributed by atoms with Gasteiger partial charge in [-0.15, -0.1) is 0 Å². The molecule has 0 bridgehead atoms. The van der Waals surface area contributed by atoms with Crippen LogP contribution in [-0.2, 0) is 32.3 Å². The molecule has 2 aromatic rings. The Kier molecular flexibility index (Phi) is 9.54. The number of amidine groups is 1. The van der Waals surface area contributed by atoms with Crippen LogP contribution in [0.25, 0.3) is 0 Å². The third kappa shape index (κ3) is 6.80. The summed E-state index contributed by atoms with van der Waals surface area (Å²) in [6, 6.07) is 15.1. The Hall–Kier alpha value is -1.88. The van der Waals surface area contributed by atoms with Crippen molar-refractivity contribution in [1.82, 2.24) is 4.90 Å². The zero-order valence-corrected chi connectivity index (χ0v) is 23.9. The second-order valence-electron chi connectivity index (χ2n) is 7.35. The van der Waals surface area contributed by atoms with Crippen LogP contribution in [0.1, 0.15) is 55.8 Å². The van der Waals surface area contributed by atoms with E-state index < -0.39 is 11.7 Å². The third-order valence-electron chi connectivity index (χ3n) is 5.20. The summed E-state index contributed by atoms with van der Waals surface area (Å²) >= 11 is 0.202. The minimum absolute atomic E-state index is 0.202. The summed E-state index contributed by atoms with van der Waals surface area (Å²) in [6.07, 6.45) is 0.307. The molecule has 0 aliphatic carbocycles.